The molecule has 1 saturated heterocycles. The summed E-state index contributed by atoms with van der Waals surface area (Å²) < 4.78 is 80.9. The van der Waals surface area contributed by atoms with Crippen LogP contribution in [0.15, 0.2) is 47.3 Å². The monoisotopic (exact) mass is 514 g/mol. The smallest absolute Gasteiger partial charge is 0.394 e. The van der Waals surface area contributed by atoms with Crippen LogP contribution in [0, 0.1) is 11.7 Å². The van der Waals surface area contributed by atoms with Crippen LogP contribution in [0.2, 0.25) is 0 Å². The number of allylic oxidation sites excluding steroid dienone is 1. The third-order valence-electron chi connectivity index (χ3n) is 5.69. The maximum atomic E-state index is 14.5. The van der Waals surface area contributed by atoms with Crippen molar-refractivity contribution in [1.29, 1.82) is 0 Å². The Morgan fingerprint density at radius 1 is 1.31 bits per heavy atom. The van der Waals surface area contributed by atoms with Gasteiger partial charge >= 0.3 is 6.18 Å². The summed E-state index contributed by atoms with van der Waals surface area (Å²) in [4.78, 5) is 25.1. The zero-order chi connectivity index (χ0) is 26.7. The minimum atomic E-state index is -4.66. The summed E-state index contributed by atoms with van der Waals surface area (Å²) in [5.41, 5.74) is 4.80. The third kappa shape index (κ3) is 6.32. The number of amides is 1. The fourth-order valence-electron chi connectivity index (χ4n) is 4.01. The summed E-state index contributed by atoms with van der Waals surface area (Å²) in [5, 5.41) is 2.76. The zero-order valence-corrected chi connectivity index (χ0v) is 19.4. The van der Waals surface area contributed by atoms with E-state index in [1.54, 1.807) is 0 Å². The minimum Gasteiger partial charge on any atom is -0.394 e. The molecule has 2 atom stereocenters. The van der Waals surface area contributed by atoms with Gasteiger partial charge in [0.25, 0.3) is 11.8 Å². The van der Waals surface area contributed by atoms with Crippen LogP contribution in [-0.2, 0) is 11.0 Å². The molecular formula is C23H24F6N6O. The number of carbonyl (C=O) groups excluding carboxylic acids is 1. The van der Waals surface area contributed by atoms with Crippen LogP contribution >= 0.6 is 0 Å². The van der Waals surface area contributed by atoms with E-state index in [1.807, 2.05) is 0 Å². The Morgan fingerprint density at radius 2 is 2.03 bits per heavy atom. The van der Waals surface area contributed by atoms with Crippen LogP contribution in [0.1, 0.15) is 24.6 Å². The van der Waals surface area contributed by atoms with E-state index in [0.717, 1.165) is 17.2 Å². The van der Waals surface area contributed by atoms with E-state index in [-0.39, 0.29) is 23.5 Å². The first-order valence-corrected chi connectivity index (χ1v) is 10.8. The summed E-state index contributed by atoms with van der Waals surface area (Å²) in [7, 11) is 1.41. The molecule has 0 bridgehead atoms. The molecule has 0 saturated carbocycles. The number of halogens is 6. The van der Waals surface area contributed by atoms with Crippen molar-refractivity contribution in [2.24, 2.45) is 16.6 Å². The van der Waals surface area contributed by atoms with Gasteiger partial charge in [-0.1, -0.05) is 19.1 Å². The molecule has 2 aromatic rings. The molecule has 36 heavy (non-hydrogen) atoms. The quantitative estimate of drug-likeness (QED) is 0.345. The molecule has 7 nitrogen and oxygen atoms in total. The summed E-state index contributed by atoms with van der Waals surface area (Å²) >= 11 is 0. The average Bonchev–Trinajstić information content (AvgIpc) is 2.80. The van der Waals surface area contributed by atoms with Crippen molar-refractivity contribution < 1.29 is 31.1 Å². The van der Waals surface area contributed by atoms with Crippen molar-refractivity contribution in [3.8, 4) is 0 Å². The SMILES string of the molecule is CN=CC(=C(N)C(=O)N1CC(F)(F)C[C@@H](C)C1CNc1cnc(C(F)(F)F)cn1)c1cccc(F)c1. The Bertz CT molecular complexity index is 1150. The standard InChI is InChI=1S/C23H24F6N6O/c1-13-7-22(25,26)12-35(17(13)9-33-19-11-32-18(10-34-19)23(27,28)29)21(36)20(30)16(8-31-2)14-4-3-5-15(24)6-14/h3-6,8,10-11,13,17H,7,9,12,30H2,1-2H3,(H,33,34)/t13-,17?/m1/s1. The maximum absolute atomic E-state index is 14.5. The molecule has 0 radical (unpaired) electrons. The van der Waals surface area contributed by atoms with E-state index in [9.17, 15) is 31.1 Å². The van der Waals surface area contributed by atoms with E-state index >= 15 is 0 Å². The lowest BCUT2D eigenvalue weighted by molar-refractivity contribution is -0.148. The lowest BCUT2D eigenvalue weighted by atomic mass is 9.88. The molecule has 1 aliphatic rings. The number of aromatic nitrogens is 2. The van der Waals surface area contributed by atoms with Gasteiger partial charge < -0.3 is 16.0 Å². The number of hydrogen-bond donors (Lipinski definition) is 2. The lowest BCUT2D eigenvalue weighted by Gasteiger charge is -2.43. The van der Waals surface area contributed by atoms with Crippen molar-refractivity contribution in [1.82, 2.24) is 14.9 Å². The maximum Gasteiger partial charge on any atom is 0.434 e. The van der Waals surface area contributed by atoms with E-state index in [2.05, 4.69) is 20.3 Å². The lowest BCUT2D eigenvalue weighted by Crippen LogP contribution is -2.58. The van der Waals surface area contributed by atoms with E-state index in [1.165, 1.54) is 38.4 Å². The molecule has 1 unspecified atom stereocenters. The number of benzene rings is 1. The second kappa shape index (κ2) is 10.5. The third-order valence-corrected chi connectivity index (χ3v) is 5.69. The average molecular weight is 514 g/mol. The van der Waals surface area contributed by atoms with Crippen LogP contribution in [0.3, 0.4) is 0 Å². The summed E-state index contributed by atoms with van der Waals surface area (Å²) in [6.07, 6.45) is -2.54. The Hall–Kier alpha value is -3.64. The number of likely N-dealkylation sites (tertiary alicyclic amines) is 1. The van der Waals surface area contributed by atoms with Gasteiger partial charge in [0.1, 0.15) is 17.3 Å². The molecule has 3 rings (SSSR count). The molecule has 1 aliphatic heterocycles. The van der Waals surface area contributed by atoms with Crippen LogP contribution < -0.4 is 11.1 Å². The molecule has 3 N–H and O–H groups in total. The van der Waals surface area contributed by atoms with Gasteiger partial charge in [0.15, 0.2) is 5.69 Å². The highest BCUT2D eigenvalue weighted by molar-refractivity contribution is 6.18. The molecule has 1 aromatic carbocycles. The van der Waals surface area contributed by atoms with Crippen molar-refractivity contribution in [2.75, 3.05) is 25.5 Å². The van der Waals surface area contributed by atoms with Gasteiger partial charge in [-0.3, -0.25) is 9.79 Å². The Balaban J connectivity index is 1.90. The largest absolute Gasteiger partial charge is 0.434 e. The number of piperidine rings is 1. The molecule has 1 fully saturated rings. The van der Waals surface area contributed by atoms with Crippen molar-refractivity contribution in [2.45, 2.75) is 31.5 Å². The normalized spacial score (nSPS) is 20.8. The van der Waals surface area contributed by atoms with Crippen molar-refractivity contribution in [3.05, 3.63) is 59.4 Å². The molecule has 13 heteroatoms. The highest BCUT2D eigenvalue weighted by Crippen LogP contribution is 2.35. The molecular weight excluding hydrogens is 490 g/mol. The predicted octanol–water partition coefficient (Wildman–Crippen LogP) is 3.99. The number of rotatable bonds is 6. The number of nitrogens with one attached hydrogen (secondary N) is 1. The highest BCUT2D eigenvalue weighted by atomic mass is 19.4. The first kappa shape index (κ1) is 27.0. The number of anilines is 1. The van der Waals surface area contributed by atoms with E-state index in [0.29, 0.717) is 6.20 Å². The number of hydrogen-bond acceptors (Lipinski definition) is 6. The Morgan fingerprint density at radius 3 is 2.61 bits per heavy atom. The molecule has 0 aliphatic carbocycles. The molecule has 0 spiro atoms. The molecule has 2 heterocycles. The number of nitrogens with two attached hydrogens (primary N) is 1. The fraction of sp³-hybridized carbons (Fsp3) is 0.391. The van der Waals surface area contributed by atoms with Gasteiger partial charge in [0.2, 0.25) is 0 Å². The second-order valence-corrected chi connectivity index (χ2v) is 8.43. The van der Waals surface area contributed by atoms with Gasteiger partial charge in [0.05, 0.1) is 25.0 Å². The van der Waals surface area contributed by atoms with Gasteiger partial charge in [-0.25, -0.2) is 23.1 Å². The predicted molar refractivity (Wildman–Crippen MR) is 122 cm³/mol. The van der Waals surface area contributed by atoms with Crippen LogP contribution in [0.5, 0.6) is 0 Å². The van der Waals surface area contributed by atoms with Gasteiger partial charge in [0, 0.05) is 31.8 Å². The van der Waals surface area contributed by atoms with Gasteiger partial charge in [-0.15, -0.1) is 0 Å². The molecule has 1 amide bonds. The summed E-state index contributed by atoms with van der Waals surface area (Å²) in [6.45, 7) is 0.494. The Kier molecular flexibility index (Phi) is 7.89. The summed E-state index contributed by atoms with van der Waals surface area (Å²) in [6, 6.07) is 4.41. The number of aliphatic imine (C=N–C) groups is 1. The Labute approximate surface area is 203 Å². The van der Waals surface area contributed by atoms with Gasteiger partial charge in [-0.05, 0) is 23.6 Å². The molecule has 1 aromatic heterocycles. The fourth-order valence-corrected chi connectivity index (χ4v) is 4.01. The topological polar surface area (TPSA) is 96.5 Å². The number of alkyl halides is 5. The van der Waals surface area contributed by atoms with Crippen molar-refractivity contribution >= 4 is 23.5 Å². The number of nitrogens with zero attached hydrogens (tertiary/aromatic N) is 4. The first-order chi connectivity index (χ1) is 16.8. The summed E-state index contributed by atoms with van der Waals surface area (Å²) in [5.74, 6) is -5.43. The minimum absolute atomic E-state index is 0.0259. The van der Waals surface area contributed by atoms with Crippen LogP contribution in [0.4, 0.5) is 32.2 Å². The zero-order valence-electron chi connectivity index (χ0n) is 19.4. The first-order valence-electron chi connectivity index (χ1n) is 10.8. The van der Waals surface area contributed by atoms with E-state index in [4.69, 9.17) is 5.73 Å². The van der Waals surface area contributed by atoms with E-state index < -0.39 is 60.1 Å². The highest BCUT2D eigenvalue weighted by Gasteiger charge is 2.46. The van der Waals surface area contributed by atoms with Crippen LogP contribution in [0.25, 0.3) is 5.57 Å². The van der Waals surface area contributed by atoms with Crippen molar-refractivity contribution in [3.63, 3.8) is 0 Å². The molecule has 194 valence electrons. The van der Waals surface area contributed by atoms with Crippen LogP contribution in [-0.4, -0.2) is 59.1 Å². The number of carbonyl (C=O) groups is 1. The second-order valence-electron chi connectivity index (χ2n) is 8.43. The van der Waals surface area contributed by atoms with Gasteiger partial charge in [-0.2, -0.15) is 13.2 Å².